The quantitative estimate of drug-likeness (QED) is 0.826. The third kappa shape index (κ3) is 4.41. The molecule has 4 rings (SSSR count). The van der Waals surface area contributed by atoms with Crippen LogP contribution in [-0.2, 0) is 9.53 Å². The van der Waals surface area contributed by atoms with E-state index in [-0.39, 0.29) is 17.7 Å². The summed E-state index contributed by atoms with van der Waals surface area (Å²) in [4.78, 5) is 29.2. The predicted molar refractivity (Wildman–Crippen MR) is 110 cm³/mol. The first-order chi connectivity index (χ1) is 14.1. The summed E-state index contributed by atoms with van der Waals surface area (Å²) in [6, 6.07) is 8.91. The maximum absolute atomic E-state index is 12.9. The summed E-state index contributed by atoms with van der Waals surface area (Å²) >= 11 is 6.45. The summed E-state index contributed by atoms with van der Waals surface area (Å²) in [7, 11) is 0. The highest BCUT2D eigenvalue weighted by molar-refractivity contribution is 6.34. The molecule has 0 bridgehead atoms. The Labute approximate surface area is 174 Å². The molecular formula is C21H24ClN3O4. The molecule has 7 nitrogen and oxygen atoms in total. The fraction of sp³-hybridized carbons (Fsp3) is 0.429. The van der Waals surface area contributed by atoms with Gasteiger partial charge in [-0.2, -0.15) is 0 Å². The Bertz CT molecular complexity index is 857. The van der Waals surface area contributed by atoms with Crippen LogP contribution >= 0.6 is 11.6 Å². The molecule has 2 fully saturated rings. The number of morpholine rings is 1. The lowest BCUT2D eigenvalue weighted by Gasteiger charge is -2.33. The topological polar surface area (TPSA) is 75.0 Å². The summed E-state index contributed by atoms with van der Waals surface area (Å²) in [5.41, 5.74) is 1.56. The molecule has 0 atom stereocenters. The fourth-order valence-corrected chi connectivity index (χ4v) is 4.15. The average molecular weight is 418 g/mol. The van der Waals surface area contributed by atoms with E-state index < -0.39 is 0 Å². The number of piperidine rings is 1. The highest BCUT2D eigenvalue weighted by Gasteiger charge is 2.29. The SMILES string of the molecule is O=C(Nc1cccc(Cl)c1N1CCOCC1)C1CCN(C(=O)c2ccco2)CC1. The van der Waals surface area contributed by atoms with Gasteiger partial charge in [0.1, 0.15) is 0 Å². The minimum atomic E-state index is -0.146. The number of carbonyl (C=O) groups is 2. The van der Waals surface area contributed by atoms with Gasteiger partial charge in [-0.3, -0.25) is 9.59 Å². The second-order valence-corrected chi connectivity index (χ2v) is 7.68. The van der Waals surface area contributed by atoms with Crippen LogP contribution in [0.25, 0.3) is 0 Å². The number of nitrogens with one attached hydrogen (secondary N) is 1. The van der Waals surface area contributed by atoms with Gasteiger partial charge < -0.3 is 24.3 Å². The van der Waals surface area contributed by atoms with Crippen molar-refractivity contribution < 1.29 is 18.7 Å². The van der Waals surface area contributed by atoms with Crippen LogP contribution in [0.1, 0.15) is 23.4 Å². The maximum Gasteiger partial charge on any atom is 0.289 e. The van der Waals surface area contributed by atoms with Crippen LogP contribution in [0.15, 0.2) is 41.0 Å². The molecule has 2 saturated heterocycles. The van der Waals surface area contributed by atoms with Crippen LogP contribution in [0.5, 0.6) is 0 Å². The molecule has 8 heteroatoms. The Morgan fingerprint density at radius 3 is 2.48 bits per heavy atom. The number of benzene rings is 1. The van der Waals surface area contributed by atoms with Crippen molar-refractivity contribution in [3.05, 3.63) is 47.4 Å². The van der Waals surface area contributed by atoms with Crippen molar-refractivity contribution in [2.45, 2.75) is 12.8 Å². The standard InChI is InChI=1S/C21H24ClN3O4/c22-16-3-1-4-17(19(16)24-10-13-28-14-11-24)23-20(26)15-6-8-25(9-7-15)21(27)18-5-2-12-29-18/h1-5,12,15H,6-11,13-14H2,(H,23,26). The van der Waals surface area contributed by atoms with Gasteiger partial charge in [0.15, 0.2) is 5.76 Å². The first kappa shape index (κ1) is 19.8. The van der Waals surface area contributed by atoms with Crippen LogP contribution in [-0.4, -0.2) is 56.1 Å². The Hall–Kier alpha value is -2.51. The van der Waals surface area contributed by atoms with E-state index in [9.17, 15) is 9.59 Å². The van der Waals surface area contributed by atoms with E-state index in [4.69, 9.17) is 20.8 Å². The molecule has 3 heterocycles. The number of carbonyl (C=O) groups excluding carboxylic acids is 2. The molecule has 0 unspecified atom stereocenters. The molecule has 0 saturated carbocycles. The Morgan fingerprint density at radius 2 is 1.79 bits per heavy atom. The highest BCUT2D eigenvalue weighted by Crippen LogP contribution is 2.35. The normalized spacial score (nSPS) is 18.0. The van der Waals surface area contributed by atoms with E-state index in [1.807, 2.05) is 18.2 Å². The molecule has 2 aliphatic rings. The fourth-order valence-electron chi connectivity index (χ4n) is 3.86. The van der Waals surface area contributed by atoms with Crippen molar-refractivity contribution >= 4 is 34.8 Å². The maximum atomic E-state index is 12.9. The number of ether oxygens (including phenoxy) is 1. The molecule has 2 aromatic rings. The van der Waals surface area contributed by atoms with Crippen molar-refractivity contribution in [3.63, 3.8) is 0 Å². The minimum absolute atomic E-state index is 0.0353. The first-order valence-electron chi connectivity index (χ1n) is 9.88. The van der Waals surface area contributed by atoms with Gasteiger partial charge in [-0.1, -0.05) is 17.7 Å². The molecule has 2 amide bonds. The molecule has 0 radical (unpaired) electrons. The molecule has 1 aromatic carbocycles. The van der Waals surface area contributed by atoms with Gasteiger partial charge in [-0.15, -0.1) is 0 Å². The number of para-hydroxylation sites is 1. The molecule has 29 heavy (non-hydrogen) atoms. The van der Waals surface area contributed by atoms with Gasteiger partial charge in [-0.25, -0.2) is 0 Å². The largest absolute Gasteiger partial charge is 0.459 e. The van der Waals surface area contributed by atoms with Gasteiger partial charge in [-0.05, 0) is 37.1 Å². The van der Waals surface area contributed by atoms with Crippen LogP contribution in [0.3, 0.4) is 0 Å². The summed E-state index contributed by atoms with van der Waals surface area (Å²) in [6.07, 6.45) is 2.72. The second-order valence-electron chi connectivity index (χ2n) is 7.27. The zero-order valence-electron chi connectivity index (χ0n) is 16.1. The highest BCUT2D eigenvalue weighted by atomic mass is 35.5. The number of furan rings is 1. The number of anilines is 2. The molecule has 1 N–H and O–H groups in total. The summed E-state index contributed by atoms with van der Waals surface area (Å²) in [5, 5.41) is 3.68. The molecule has 154 valence electrons. The Balaban J connectivity index is 1.39. The van der Waals surface area contributed by atoms with Crippen LogP contribution < -0.4 is 10.2 Å². The predicted octanol–water partition coefficient (Wildman–Crippen LogP) is 3.26. The molecule has 0 spiro atoms. The molecule has 0 aliphatic carbocycles. The van der Waals surface area contributed by atoms with Crippen LogP contribution in [0.4, 0.5) is 11.4 Å². The van der Waals surface area contributed by atoms with Crippen molar-refractivity contribution in [1.82, 2.24) is 4.90 Å². The summed E-state index contributed by atoms with van der Waals surface area (Å²) in [6.45, 7) is 3.81. The first-order valence-corrected chi connectivity index (χ1v) is 10.3. The zero-order valence-corrected chi connectivity index (χ0v) is 16.9. The Morgan fingerprint density at radius 1 is 1.03 bits per heavy atom. The lowest BCUT2D eigenvalue weighted by Crippen LogP contribution is -2.41. The average Bonchev–Trinajstić information content (AvgIpc) is 3.29. The van der Waals surface area contributed by atoms with Gasteiger partial charge in [0.05, 0.1) is 35.9 Å². The lowest BCUT2D eigenvalue weighted by molar-refractivity contribution is -0.121. The summed E-state index contributed by atoms with van der Waals surface area (Å²) in [5.74, 6) is 0.0272. The van der Waals surface area contributed by atoms with E-state index in [0.29, 0.717) is 49.9 Å². The molecule has 2 aliphatic heterocycles. The van der Waals surface area contributed by atoms with Crippen molar-refractivity contribution in [1.29, 1.82) is 0 Å². The number of hydrogen-bond donors (Lipinski definition) is 1. The monoisotopic (exact) mass is 417 g/mol. The van der Waals surface area contributed by atoms with Crippen LogP contribution in [0.2, 0.25) is 5.02 Å². The molecule has 1 aromatic heterocycles. The van der Waals surface area contributed by atoms with Crippen molar-refractivity contribution in [2.75, 3.05) is 49.6 Å². The van der Waals surface area contributed by atoms with E-state index in [0.717, 1.165) is 24.5 Å². The second kappa shape index (κ2) is 8.88. The minimum Gasteiger partial charge on any atom is -0.459 e. The number of rotatable bonds is 4. The van der Waals surface area contributed by atoms with Gasteiger partial charge in [0.25, 0.3) is 5.91 Å². The lowest BCUT2D eigenvalue weighted by atomic mass is 9.95. The number of amides is 2. The van der Waals surface area contributed by atoms with E-state index in [1.54, 1.807) is 17.0 Å². The van der Waals surface area contributed by atoms with Gasteiger partial charge >= 0.3 is 0 Å². The van der Waals surface area contributed by atoms with E-state index in [1.165, 1.54) is 6.26 Å². The number of nitrogens with zero attached hydrogens (tertiary/aromatic N) is 2. The van der Waals surface area contributed by atoms with E-state index >= 15 is 0 Å². The number of halogens is 1. The van der Waals surface area contributed by atoms with Gasteiger partial charge in [0, 0.05) is 32.1 Å². The number of likely N-dealkylation sites (tertiary alicyclic amines) is 1. The van der Waals surface area contributed by atoms with E-state index in [2.05, 4.69) is 10.2 Å². The zero-order chi connectivity index (χ0) is 20.2. The van der Waals surface area contributed by atoms with Crippen molar-refractivity contribution in [3.8, 4) is 0 Å². The number of hydrogen-bond acceptors (Lipinski definition) is 5. The smallest absolute Gasteiger partial charge is 0.289 e. The van der Waals surface area contributed by atoms with Crippen molar-refractivity contribution in [2.24, 2.45) is 5.92 Å². The third-order valence-corrected chi connectivity index (χ3v) is 5.76. The Kier molecular flexibility index (Phi) is 6.06. The third-order valence-electron chi connectivity index (χ3n) is 5.46. The summed E-state index contributed by atoms with van der Waals surface area (Å²) < 4.78 is 10.6. The molecular weight excluding hydrogens is 394 g/mol. The van der Waals surface area contributed by atoms with Crippen LogP contribution in [0, 0.1) is 5.92 Å². The van der Waals surface area contributed by atoms with Gasteiger partial charge in [0.2, 0.25) is 5.91 Å².